The van der Waals surface area contributed by atoms with Gasteiger partial charge in [0.1, 0.15) is 12.4 Å². The first kappa shape index (κ1) is 21.6. The molecule has 30 heavy (non-hydrogen) atoms. The maximum atomic E-state index is 10.5. The fraction of sp³-hybridized carbons (Fsp3) is 0.409. The third-order valence-electron chi connectivity index (χ3n) is 4.63. The maximum absolute atomic E-state index is 10.5. The number of aromatic amines is 1. The highest BCUT2D eigenvalue weighted by atomic mass is 16.3. The molecule has 1 aromatic carbocycles. The number of H-pyrrole nitrogens is 1. The molecule has 0 bridgehead atoms. The summed E-state index contributed by atoms with van der Waals surface area (Å²) in [6, 6.07) is 11.7. The molecule has 1 atom stereocenters. The van der Waals surface area contributed by atoms with Gasteiger partial charge in [-0.3, -0.25) is 5.10 Å². The number of nitrogens with one attached hydrogen (secondary N) is 3. The number of aliphatic hydroxyl groups is 1. The molecule has 160 valence electrons. The summed E-state index contributed by atoms with van der Waals surface area (Å²) in [6.45, 7) is 9.87. The van der Waals surface area contributed by atoms with E-state index in [1.54, 1.807) is 18.4 Å². The van der Waals surface area contributed by atoms with Crippen LogP contribution in [0.5, 0.6) is 0 Å². The molecule has 8 heteroatoms. The van der Waals surface area contributed by atoms with E-state index in [0.717, 1.165) is 5.56 Å². The number of guanidine groups is 1. The summed E-state index contributed by atoms with van der Waals surface area (Å²) in [4.78, 5) is 8.89. The molecule has 0 aliphatic heterocycles. The van der Waals surface area contributed by atoms with Gasteiger partial charge in [0.15, 0.2) is 11.7 Å². The lowest BCUT2D eigenvalue weighted by Crippen LogP contribution is -2.39. The molecule has 8 nitrogen and oxygen atoms in total. The second-order valence-corrected chi connectivity index (χ2v) is 8.05. The zero-order chi connectivity index (χ0) is 21.6. The van der Waals surface area contributed by atoms with Crippen molar-refractivity contribution in [2.45, 2.75) is 45.8 Å². The Balaban J connectivity index is 1.58. The van der Waals surface area contributed by atoms with Crippen molar-refractivity contribution in [2.24, 2.45) is 4.99 Å². The zero-order valence-corrected chi connectivity index (χ0v) is 17.9. The van der Waals surface area contributed by atoms with Gasteiger partial charge >= 0.3 is 0 Å². The first-order valence-corrected chi connectivity index (χ1v) is 10.1. The van der Waals surface area contributed by atoms with E-state index in [9.17, 15) is 5.11 Å². The molecule has 0 amide bonds. The Bertz CT molecular complexity index is 939. The van der Waals surface area contributed by atoms with Gasteiger partial charge in [-0.15, -0.1) is 5.10 Å². The molecule has 0 saturated carbocycles. The number of nitrogens with zero attached hydrogens (tertiary/aromatic N) is 3. The lowest BCUT2D eigenvalue weighted by Gasteiger charge is -2.20. The third-order valence-corrected chi connectivity index (χ3v) is 4.63. The Morgan fingerprint density at radius 2 is 1.97 bits per heavy atom. The molecule has 4 N–H and O–H groups in total. The Kier molecular flexibility index (Phi) is 6.89. The number of aliphatic hydroxyl groups excluding tert-OH is 1. The van der Waals surface area contributed by atoms with Crippen LogP contribution in [0.3, 0.4) is 0 Å². The van der Waals surface area contributed by atoms with Crippen LogP contribution in [0.1, 0.15) is 50.8 Å². The van der Waals surface area contributed by atoms with Gasteiger partial charge in [0, 0.05) is 13.1 Å². The number of hydrogen-bond acceptors (Lipinski definition) is 5. The molecule has 2 heterocycles. The van der Waals surface area contributed by atoms with Crippen molar-refractivity contribution >= 4 is 5.96 Å². The molecule has 0 saturated heterocycles. The summed E-state index contributed by atoms with van der Waals surface area (Å²) in [5, 5.41) is 23.9. The van der Waals surface area contributed by atoms with Crippen molar-refractivity contribution in [1.29, 1.82) is 0 Å². The van der Waals surface area contributed by atoms with Gasteiger partial charge in [0.25, 0.3) is 0 Å². The fourth-order valence-electron chi connectivity index (χ4n) is 2.89. The molecule has 2 aromatic heterocycles. The average molecular weight is 411 g/mol. The van der Waals surface area contributed by atoms with E-state index in [1.165, 1.54) is 5.56 Å². The van der Waals surface area contributed by atoms with Gasteiger partial charge < -0.3 is 20.2 Å². The van der Waals surface area contributed by atoms with Crippen LogP contribution < -0.4 is 10.6 Å². The van der Waals surface area contributed by atoms with Crippen LogP contribution in [0, 0.1) is 0 Å². The second kappa shape index (κ2) is 9.58. The first-order valence-electron chi connectivity index (χ1n) is 10.1. The fourth-order valence-corrected chi connectivity index (χ4v) is 2.89. The summed E-state index contributed by atoms with van der Waals surface area (Å²) in [5.41, 5.74) is 2.19. The standard InChI is InChI=1S/C22H30N6O2/c1-5-23-21(25-14-19-26-20(28-27-19)18-7-6-12-30-18)24-13-17(29)15-8-10-16(11-9-15)22(2,3)4/h6-12,17,29H,5,13-14H2,1-4H3,(H2,23,24,25)(H,26,27,28). The normalized spacial score (nSPS) is 13.3. The van der Waals surface area contributed by atoms with Crippen LogP contribution in [0.4, 0.5) is 0 Å². The molecule has 0 aliphatic carbocycles. The topological polar surface area (TPSA) is 111 Å². The molecule has 3 aromatic rings. The largest absolute Gasteiger partial charge is 0.461 e. The van der Waals surface area contributed by atoms with E-state index < -0.39 is 6.10 Å². The molecule has 0 radical (unpaired) electrons. The van der Waals surface area contributed by atoms with Gasteiger partial charge in [0.2, 0.25) is 5.82 Å². The average Bonchev–Trinajstić information content (AvgIpc) is 3.41. The van der Waals surface area contributed by atoms with Crippen LogP contribution in [-0.4, -0.2) is 39.3 Å². The highest BCUT2D eigenvalue weighted by molar-refractivity contribution is 5.79. The Labute approximate surface area is 176 Å². The SMILES string of the molecule is CCNC(=NCc1nc(-c2ccco2)n[nH]1)NCC(O)c1ccc(C(C)(C)C)cc1. The number of benzene rings is 1. The summed E-state index contributed by atoms with van der Waals surface area (Å²) in [7, 11) is 0. The number of hydrogen-bond donors (Lipinski definition) is 4. The summed E-state index contributed by atoms with van der Waals surface area (Å²) in [6.07, 6.45) is 0.942. The Hall–Kier alpha value is -3.13. The first-order chi connectivity index (χ1) is 14.4. The third kappa shape index (κ3) is 5.70. The Morgan fingerprint density at radius 3 is 2.60 bits per heavy atom. The van der Waals surface area contributed by atoms with Gasteiger partial charge in [-0.25, -0.2) is 9.98 Å². The minimum absolute atomic E-state index is 0.0874. The molecule has 0 aliphatic rings. The monoisotopic (exact) mass is 410 g/mol. The van der Waals surface area contributed by atoms with Gasteiger partial charge in [-0.05, 0) is 35.6 Å². The summed E-state index contributed by atoms with van der Waals surface area (Å²) >= 11 is 0. The van der Waals surface area contributed by atoms with Gasteiger partial charge in [0.05, 0.1) is 12.4 Å². The molecule has 1 unspecified atom stereocenters. The van der Waals surface area contributed by atoms with Crippen molar-refractivity contribution in [2.75, 3.05) is 13.1 Å². The number of aromatic nitrogens is 3. The summed E-state index contributed by atoms with van der Waals surface area (Å²) < 4.78 is 5.30. The molecular formula is C22H30N6O2. The van der Waals surface area contributed by atoms with E-state index >= 15 is 0 Å². The van der Waals surface area contributed by atoms with Crippen LogP contribution >= 0.6 is 0 Å². The van der Waals surface area contributed by atoms with E-state index in [0.29, 0.717) is 43.0 Å². The van der Waals surface area contributed by atoms with Gasteiger partial charge in [-0.2, -0.15) is 0 Å². The van der Waals surface area contributed by atoms with E-state index in [2.05, 4.69) is 63.7 Å². The van der Waals surface area contributed by atoms with Crippen molar-refractivity contribution < 1.29 is 9.52 Å². The Morgan fingerprint density at radius 1 is 1.20 bits per heavy atom. The van der Waals surface area contributed by atoms with Crippen molar-refractivity contribution in [1.82, 2.24) is 25.8 Å². The number of rotatable bonds is 7. The van der Waals surface area contributed by atoms with Crippen molar-refractivity contribution in [3.8, 4) is 11.6 Å². The quantitative estimate of drug-likeness (QED) is 0.352. The highest BCUT2D eigenvalue weighted by Gasteiger charge is 2.15. The smallest absolute Gasteiger partial charge is 0.216 e. The predicted octanol–water partition coefficient (Wildman–Crippen LogP) is 3.15. The summed E-state index contributed by atoms with van der Waals surface area (Å²) in [5.74, 6) is 2.32. The lowest BCUT2D eigenvalue weighted by molar-refractivity contribution is 0.181. The maximum Gasteiger partial charge on any atom is 0.216 e. The molecule has 3 rings (SSSR count). The molecule has 0 spiro atoms. The second-order valence-electron chi connectivity index (χ2n) is 8.05. The molecular weight excluding hydrogens is 380 g/mol. The van der Waals surface area contributed by atoms with E-state index in [4.69, 9.17) is 4.42 Å². The van der Waals surface area contributed by atoms with Crippen molar-refractivity contribution in [3.05, 3.63) is 59.6 Å². The van der Waals surface area contributed by atoms with Crippen LogP contribution in [0.25, 0.3) is 11.6 Å². The lowest BCUT2D eigenvalue weighted by atomic mass is 9.86. The zero-order valence-electron chi connectivity index (χ0n) is 17.9. The van der Waals surface area contributed by atoms with Crippen LogP contribution in [-0.2, 0) is 12.0 Å². The highest BCUT2D eigenvalue weighted by Crippen LogP contribution is 2.23. The minimum Gasteiger partial charge on any atom is -0.461 e. The van der Waals surface area contributed by atoms with E-state index in [-0.39, 0.29) is 5.41 Å². The number of aliphatic imine (C=N–C) groups is 1. The number of furan rings is 1. The minimum atomic E-state index is -0.640. The van der Waals surface area contributed by atoms with Crippen LogP contribution in [0.2, 0.25) is 0 Å². The molecule has 0 fully saturated rings. The van der Waals surface area contributed by atoms with E-state index in [1.807, 2.05) is 19.1 Å². The van der Waals surface area contributed by atoms with Crippen LogP contribution in [0.15, 0.2) is 52.1 Å². The van der Waals surface area contributed by atoms with Crippen molar-refractivity contribution in [3.63, 3.8) is 0 Å². The predicted molar refractivity (Wildman–Crippen MR) is 117 cm³/mol. The van der Waals surface area contributed by atoms with Gasteiger partial charge in [-0.1, -0.05) is 45.0 Å².